The second kappa shape index (κ2) is 8.30. The molecule has 0 atom stereocenters. The molecule has 0 saturated carbocycles. The maximum atomic E-state index is 12.0. The minimum Gasteiger partial charge on any atom is -0.493 e. The first-order valence-electron chi connectivity index (χ1n) is 7.91. The summed E-state index contributed by atoms with van der Waals surface area (Å²) in [7, 11) is 0. The molecule has 0 aliphatic heterocycles. The van der Waals surface area contributed by atoms with Gasteiger partial charge < -0.3 is 9.47 Å². The summed E-state index contributed by atoms with van der Waals surface area (Å²) in [6.45, 7) is 2.46. The molecule has 3 aromatic rings. The zero-order valence-corrected chi connectivity index (χ0v) is 14.6. The molecule has 0 unspecified atom stereocenters. The van der Waals surface area contributed by atoms with Gasteiger partial charge >= 0.3 is 0 Å². The Morgan fingerprint density at radius 3 is 2.64 bits per heavy atom. The molecule has 5 nitrogen and oxygen atoms in total. The van der Waals surface area contributed by atoms with Crippen molar-refractivity contribution in [1.82, 2.24) is 4.98 Å². The average molecular weight is 354 g/mol. The van der Waals surface area contributed by atoms with Gasteiger partial charge in [0.1, 0.15) is 11.5 Å². The molecule has 0 spiro atoms. The lowest BCUT2D eigenvalue weighted by Gasteiger charge is -2.07. The number of nitrogens with one attached hydrogen (secondary N) is 1. The van der Waals surface area contributed by atoms with Gasteiger partial charge in [0.2, 0.25) is 0 Å². The van der Waals surface area contributed by atoms with E-state index >= 15 is 0 Å². The molecule has 0 aliphatic rings. The average Bonchev–Trinajstić information content (AvgIpc) is 3.10. The summed E-state index contributed by atoms with van der Waals surface area (Å²) in [4.78, 5) is 16.5. The van der Waals surface area contributed by atoms with Crippen molar-refractivity contribution in [3.8, 4) is 22.8 Å². The number of carbonyl (C=O) groups excluding carboxylic acids is 1. The van der Waals surface area contributed by atoms with Crippen molar-refractivity contribution in [3.05, 3.63) is 60.0 Å². The Hall–Kier alpha value is -2.86. The van der Waals surface area contributed by atoms with Gasteiger partial charge in [0.15, 0.2) is 11.7 Å². The summed E-state index contributed by atoms with van der Waals surface area (Å²) in [6.07, 6.45) is 0. The molecule has 1 N–H and O–H groups in total. The van der Waals surface area contributed by atoms with Gasteiger partial charge in [-0.05, 0) is 31.2 Å². The van der Waals surface area contributed by atoms with Crippen molar-refractivity contribution in [2.24, 2.45) is 0 Å². The quantitative estimate of drug-likeness (QED) is 0.690. The third kappa shape index (κ3) is 4.58. The van der Waals surface area contributed by atoms with Gasteiger partial charge in [-0.2, -0.15) is 0 Å². The third-order valence-corrected chi connectivity index (χ3v) is 4.08. The highest BCUT2D eigenvalue weighted by Crippen LogP contribution is 2.32. The summed E-state index contributed by atoms with van der Waals surface area (Å²) < 4.78 is 11.1. The lowest BCUT2D eigenvalue weighted by molar-refractivity contribution is -0.118. The molecule has 1 aromatic heterocycles. The number of benzene rings is 2. The van der Waals surface area contributed by atoms with Gasteiger partial charge in [-0.25, -0.2) is 4.98 Å². The Labute approximate surface area is 150 Å². The smallest absolute Gasteiger partial charge is 0.264 e. The Kier molecular flexibility index (Phi) is 5.64. The number of hydrogen-bond acceptors (Lipinski definition) is 5. The van der Waals surface area contributed by atoms with E-state index in [1.807, 2.05) is 54.8 Å². The van der Waals surface area contributed by atoms with Crippen LogP contribution in [0.2, 0.25) is 0 Å². The largest absolute Gasteiger partial charge is 0.493 e. The molecule has 0 radical (unpaired) electrons. The monoisotopic (exact) mass is 354 g/mol. The van der Waals surface area contributed by atoms with Gasteiger partial charge in [-0.3, -0.25) is 10.1 Å². The van der Waals surface area contributed by atoms with Gasteiger partial charge in [-0.1, -0.05) is 30.3 Å². The highest BCUT2D eigenvalue weighted by atomic mass is 32.1. The number of para-hydroxylation sites is 2. The van der Waals surface area contributed by atoms with E-state index in [1.165, 1.54) is 11.3 Å². The van der Waals surface area contributed by atoms with Crippen molar-refractivity contribution in [1.29, 1.82) is 0 Å². The molecule has 25 heavy (non-hydrogen) atoms. The Morgan fingerprint density at radius 1 is 1.08 bits per heavy atom. The molecule has 0 aliphatic carbocycles. The van der Waals surface area contributed by atoms with Crippen LogP contribution in [0.25, 0.3) is 11.3 Å². The van der Waals surface area contributed by atoms with Gasteiger partial charge in [0.05, 0.1) is 12.3 Å². The molecule has 0 fully saturated rings. The SMILES string of the molecule is CCOc1ccccc1-c1csc(NC(=O)COc2ccccc2)n1. The van der Waals surface area contributed by atoms with Gasteiger partial charge in [0.25, 0.3) is 5.91 Å². The highest BCUT2D eigenvalue weighted by molar-refractivity contribution is 7.14. The molecule has 1 heterocycles. The van der Waals surface area contributed by atoms with E-state index in [-0.39, 0.29) is 12.5 Å². The van der Waals surface area contributed by atoms with Crippen molar-refractivity contribution >= 4 is 22.4 Å². The highest BCUT2D eigenvalue weighted by Gasteiger charge is 2.12. The van der Waals surface area contributed by atoms with Crippen molar-refractivity contribution in [2.75, 3.05) is 18.5 Å². The molecule has 2 aromatic carbocycles. The maximum absolute atomic E-state index is 12.0. The first-order valence-corrected chi connectivity index (χ1v) is 8.79. The van der Waals surface area contributed by atoms with E-state index in [2.05, 4.69) is 10.3 Å². The molecular formula is C19H18N2O3S. The Bertz CT molecular complexity index is 833. The molecule has 128 valence electrons. The standard InChI is InChI=1S/C19H18N2O3S/c1-2-23-17-11-7-6-10-15(17)16-13-25-19(20-16)21-18(22)12-24-14-8-4-3-5-9-14/h3-11,13H,2,12H2,1H3,(H,20,21,22). The predicted molar refractivity (Wildman–Crippen MR) is 99.3 cm³/mol. The number of nitrogens with zero attached hydrogens (tertiary/aromatic N) is 1. The summed E-state index contributed by atoms with van der Waals surface area (Å²) in [5.41, 5.74) is 1.68. The van der Waals surface area contributed by atoms with Crippen LogP contribution >= 0.6 is 11.3 Å². The first-order chi connectivity index (χ1) is 12.3. The summed E-state index contributed by atoms with van der Waals surface area (Å²) in [5.74, 6) is 1.19. The number of thiazole rings is 1. The molecule has 6 heteroatoms. The first kappa shape index (κ1) is 17.0. The number of aromatic nitrogens is 1. The van der Waals surface area contributed by atoms with Crippen LogP contribution in [0.3, 0.4) is 0 Å². The van der Waals surface area contributed by atoms with Crippen molar-refractivity contribution < 1.29 is 14.3 Å². The summed E-state index contributed by atoms with van der Waals surface area (Å²) >= 11 is 1.37. The number of amides is 1. The van der Waals surface area contributed by atoms with Crippen LogP contribution in [0.1, 0.15) is 6.92 Å². The van der Waals surface area contributed by atoms with Crippen LogP contribution in [-0.2, 0) is 4.79 Å². The van der Waals surface area contributed by atoms with Crippen LogP contribution in [-0.4, -0.2) is 24.1 Å². The Morgan fingerprint density at radius 2 is 1.84 bits per heavy atom. The fraction of sp³-hybridized carbons (Fsp3) is 0.158. The van der Waals surface area contributed by atoms with Gasteiger partial charge in [-0.15, -0.1) is 11.3 Å². The molecule has 0 bridgehead atoms. The molecular weight excluding hydrogens is 336 g/mol. The minimum absolute atomic E-state index is 0.0611. The van der Waals surface area contributed by atoms with E-state index in [1.54, 1.807) is 12.1 Å². The summed E-state index contributed by atoms with van der Waals surface area (Å²) in [5, 5.41) is 5.18. The minimum atomic E-state index is -0.247. The third-order valence-electron chi connectivity index (χ3n) is 3.33. The maximum Gasteiger partial charge on any atom is 0.264 e. The molecule has 3 rings (SSSR count). The van der Waals surface area contributed by atoms with Crippen molar-refractivity contribution in [2.45, 2.75) is 6.92 Å². The number of rotatable bonds is 7. The Balaban J connectivity index is 1.63. The number of ether oxygens (including phenoxy) is 2. The van der Waals surface area contributed by atoms with Crippen LogP contribution in [0, 0.1) is 0 Å². The van der Waals surface area contributed by atoms with Crippen LogP contribution in [0.15, 0.2) is 60.0 Å². The van der Waals surface area contributed by atoms with Gasteiger partial charge in [0, 0.05) is 10.9 Å². The second-order valence-corrected chi connectivity index (χ2v) is 5.98. The van der Waals surface area contributed by atoms with E-state index in [0.717, 1.165) is 17.0 Å². The van der Waals surface area contributed by atoms with Crippen LogP contribution in [0.4, 0.5) is 5.13 Å². The zero-order valence-electron chi connectivity index (χ0n) is 13.8. The molecule has 1 amide bonds. The number of hydrogen-bond donors (Lipinski definition) is 1. The molecule has 0 saturated heterocycles. The second-order valence-electron chi connectivity index (χ2n) is 5.12. The normalized spacial score (nSPS) is 10.3. The predicted octanol–water partition coefficient (Wildman–Crippen LogP) is 4.23. The van der Waals surface area contributed by atoms with Crippen LogP contribution < -0.4 is 14.8 Å². The topological polar surface area (TPSA) is 60.5 Å². The zero-order chi connectivity index (χ0) is 17.5. The fourth-order valence-corrected chi connectivity index (χ4v) is 2.96. The lowest BCUT2D eigenvalue weighted by Crippen LogP contribution is -2.20. The van der Waals surface area contributed by atoms with Crippen LogP contribution in [0.5, 0.6) is 11.5 Å². The lowest BCUT2D eigenvalue weighted by atomic mass is 10.1. The number of anilines is 1. The fourth-order valence-electron chi connectivity index (χ4n) is 2.24. The van der Waals surface area contributed by atoms with E-state index in [4.69, 9.17) is 9.47 Å². The van der Waals surface area contributed by atoms with E-state index in [0.29, 0.717) is 17.5 Å². The van der Waals surface area contributed by atoms with E-state index in [9.17, 15) is 4.79 Å². The van der Waals surface area contributed by atoms with E-state index < -0.39 is 0 Å². The van der Waals surface area contributed by atoms with Crippen molar-refractivity contribution in [3.63, 3.8) is 0 Å². The number of carbonyl (C=O) groups is 1. The summed E-state index contributed by atoms with van der Waals surface area (Å²) in [6, 6.07) is 16.9.